The maximum Gasteiger partial charge on any atom is 0.335 e. The van der Waals surface area contributed by atoms with Gasteiger partial charge in [0.25, 0.3) is 5.92 Å². The highest BCUT2D eigenvalue weighted by Gasteiger charge is 2.20. The van der Waals surface area contributed by atoms with Crippen molar-refractivity contribution in [1.82, 2.24) is 9.97 Å². The second-order valence-corrected chi connectivity index (χ2v) is 4.20. The minimum atomic E-state index is -2.86. The molecule has 5 nitrogen and oxygen atoms in total. The van der Waals surface area contributed by atoms with E-state index in [0.717, 1.165) is 6.92 Å². The van der Waals surface area contributed by atoms with Crippen LogP contribution >= 0.6 is 0 Å². The van der Waals surface area contributed by atoms with Gasteiger partial charge in [0.05, 0.1) is 17.6 Å². The molecule has 19 heavy (non-hydrogen) atoms. The number of carbonyl (C=O) groups is 1. The Morgan fingerprint density at radius 1 is 1.47 bits per heavy atom. The lowest BCUT2D eigenvalue weighted by Gasteiger charge is -2.11. The van der Waals surface area contributed by atoms with Crippen molar-refractivity contribution in [3.05, 3.63) is 30.0 Å². The summed E-state index contributed by atoms with van der Waals surface area (Å²) in [6.45, 7) is 0.228. The fraction of sp³-hybridized carbons (Fsp3) is 0.250. The summed E-state index contributed by atoms with van der Waals surface area (Å²) >= 11 is 0. The van der Waals surface area contributed by atoms with Crippen molar-refractivity contribution in [2.24, 2.45) is 0 Å². The maximum absolute atomic E-state index is 12.7. The zero-order valence-corrected chi connectivity index (χ0v) is 10.0. The summed E-state index contributed by atoms with van der Waals surface area (Å²) < 4.78 is 25.4. The largest absolute Gasteiger partial charge is 0.478 e. The van der Waals surface area contributed by atoms with Crippen molar-refractivity contribution in [2.75, 3.05) is 11.9 Å². The monoisotopic (exact) mass is 267 g/mol. The smallest absolute Gasteiger partial charge is 0.335 e. The number of nitrogens with one attached hydrogen (secondary N) is 1. The van der Waals surface area contributed by atoms with Gasteiger partial charge >= 0.3 is 5.97 Å². The summed E-state index contributed by atoms with van der Waals surface area (Å²) in [5, 5.41) is 11.8. The third-order valence-corrected chi connectivity index (χ3v) is 2.38. The first-order chi connectivity index (χ1) is 8.85. The van der Waals surface area contributed by atoms with Gasteiger partial charge in [-0.15, -0.1) is 0 Å². The number of halogens is 2. The molecule has 1 aromatic carbocycles. The summed E-state index contributed by atoms with van der Waals surface area (Å²) in [4.78, 5) is 18.7. The van der Waals surface area contributed by atoms with E-state index in [4.69, 9.17) is 5.11 Å². The van der Waals surface area contributed by atoms with Gasteiger partial charge in [-0.2, -0.15) is 0 Å². The second kappa shape index (κ2) is 4.75. The van der Waals surface area contributed by atoms with Gasteiger partial charge in [-0.25, -0.2) is 23.5 Å². The number of carboxylic acid groups (broad SMARTS) is 1. The van der Waals surface area contributed by atoms with Crippen molar-refractivity contribution >= 4 is 22.8 Å². The average molecular weight is 267 g/mol. The summed E-state index contributed by atoms with van der Waals surface area (Å²) in [7, 11) is 0. The molecule has 2 aromatic rings. The lowest BCUT2D eigenvalue weighted by atomic mass is 10.1. The lowest BCUT2D eigenvalue weighted by molar-refractivity contribution is 0.0366. The molecule has 0 saturated carbocycles. The highest BCUT2D eigenvalue weighted by Crippen LogP contribution is 2.16. The van der Waals surface area contributed by atoms with Gasteiger partial charge in [-0.05, 0) is 18.2 Å². The number of rotatable bonds is 4. The predicted molar refractivity (Wildman–Crippen MR) is 65.6 cm³/mol. The molecule has 0 aliphatic rings. The second-order valence-electron chi connectivity index (χ2n) is 4.20. The highest BCUT2D eigenvalue weighted by atomic mass is 19.3. The minimum Gasteiger partial charge on any atom is -0.478 e. The number of hydrogen-bond acceptors (Lipinski definition) is 4. The molecule has 0 saturated heterocycles. The number of alkyl halides is 2. The van der Waals surface area contributed by atoms with E-state index in [2.05, 4.69) is 15.3 Å². The number of aromatic carboxylic acids is 1. The number of nitrogens with zero attached hydrogens (tertiary/aromatic N) is 2. The van der Waals surface area contributed by atoms with Crippen LogP contribution in [0.25, 0.3) is 10.9 Å². The van der Waals surface area contributed by atoms with Crippen molar-refractivity contribution in [1.29, 1.82) is 0 Å². The van der Waals surface area contributed by atoms with E-state index in [-0.39, 0.29) is 11.5 Å². The van der Waals surface area contributed by atoms with E-state index in [1.807, 2.05) is 0 Å². The van der Waals surface area contributed by atoms with E-state index >= 15 is 0 Å². The average Bonchev–Trinajstić information content (AvgIpc) is 2.34. The zero-order valence-electron chi connectivity index (χ0n) is 10.0. The Hall–Kier alpha value is -2.31. The standard InChI is InChI=1S/C12H11F2N3O2/c1-12(13,14)6-16-11-15-5-8-4-7(10(18)19)2-3-9(8)17-11/h2-5H,6H2,1H3,(H,18,19)(H,15,16,17). The number of hydrogen-bond donors (Lipinski definition) is 2. The first-order valence-electron chi connectivity index (χ1n) is 5.47. The maximum atomic E-state index is 12.7. The Labute approximate surface area is 107 Å². The molecule has 100 valence electrons. The molecule has 0 spiro atoms. The molecule has 7 heteroatoms. The number of carboxylic acids is 1. The van der Waals surface area contributed by atoms with Gasteiger partial charge in [0, 0.05) is 18.5 Å². The fourth-order valence-corrected chi connectivity index (χ4v) is 1.49. The van der Waals surface area contributed by atoms with E-state index in [9.17, 15) is 13.6 Å². The van der Waals surface area contributed by atoms with E-state index in [1.54, 1.807) is 0 Å². The topological polar surface area (TPSA) is 75.1 Å². The molecule has 0 bridgehead atoms. The number of anilines is 1. The molecule has 2 N–H and O–H groups in total. The van der Waals surface area contributed by atoms with Crippen molar-refractivity contribution < 1.29 is 18.7 Å². The number of fused-ring (bicyclic) bond motifs is 1. The Bertz CT molecular complexity index is 626. The van der Waals surface area contributed by atoms with Gasteiger partial charge in [0.15, 0.2) is 0 Å². The summed E-state index contributed by atoms with van der Waals surface area (Å²) in [6.07, 6.45) is 1.39. The molecule has 0 atom stereocenters. The van der Waals surface area contributed by atoms with Crippen LogP contribution in [-0.2, 0) is 0 Å². The molecule has 1 aromatic heterocycles. The van der Waals surface area contributed by atoms with Gasteiger partial charge < -0.3 is 10.4 Å². The van der Waals surface area contributed by atoms with Crippen LogP contribution in [0, 0.1) is 0 Å². The van der Waals surface area contributed by atoms with Crippen LogP contribution in [-0.4, -0.2) is 33.5 Å². The molecule has 0 unspecified atom stereocenters. The van der Waals surface area contributed by atoms with Crippen LogP contribution in [0.5, 0.6) is 0 Å². The van der Waals surface area contributed by atoms with Gasteiger partial charge in [-0.1, -0.05) is 0 Å². The van der Waals surface area contributed by atoms with Crippen molar-refractivity contribution in [2.45, 2.75) is 12.8 Å². The van der Waals surface area contributed by atoms with Crippen molar-refractivity contribution in [3.8, 4) is 0 Å². The third kappa shape index (κ3) is 3.34. The molecule has 0 radical (unpaired) electrons. The predicted octanol–water partition coefficient (Wildman–Crippen LogP) is 2.40. The van der Waals surface area contributed by atoms with Crippen LogP contribution in [0.3, 0.4) is 0 Å². The molecular weight excluding hydrogens is 256 g/mol. The van der Waals surface area contributed by atoms with Crippen LogP contribution in [0.4, 0.5) is 14.7 Å². The number of aromatic nitrogens is 2. The Morgan fingerprint density at radius 3 is 2.84 bits per heavy atom. The SMILES string of the molecule is CC(F)(F)CNc1ncc2cc(C(=O)O)ccc2n1. The fourth-order valence-electron chi connectivity index (χ4n) is 1.49. The van der Waals surface area contributed by atoms with Crippen LogP contribution < -0.4 is 5.32 Å². The summed E-state index contributed by atoms with van der Waals surface area (Å²) in [5.41, 5.74) is 0.610. The molecule has 0 aliphatic heterocycles. The van der Waals surface area contributed by atoms with Gasteiger partial charge in [-0.3, -0.25) is 0 Å². The Kier molecular flexibility index (Phi) is 3.28. The Balaban J connectivity index is 2.26. The van der Waals surface area contributed by atoms with E-state index in [1.165, 1.54) is 24.4 Å². The molecule has 0 aliphatic carbocycles. The molecular formula is C12H11F2N3O2. The molecule has 2 rings (SSSR count). The summed E-state index contributed by atoms with van der Waals surface area (Å²) in [6, 6.07) is 4.33. The molecule has 0 amide bonds. The van der Waals surface area contributed by atoms with Gasteiger partial charge in [0.2, 0.25) is 5.95 Å². The molecule has 1 heterocycles. The number of benzene rings is 1. The summed E-state index contributed by atoms with van der Waals surface area (Å²) in [5.74, 6) is -3.82. The molecule has 0 fully saturated rings. The highest BCUT2D eigenvalue weighted by molar-refractivity contribution is 5.93. The van der Waals surface area contributed by atoms with Crippen LogP contribution in [0.2, 0.25) is 0 Å². The minimum absolute atomic E-state index is 0.0806. The first kappa shape index (κ1) is 13.1. The normalized spacial score (nSPS) is 11.5. The van der Waals surface area contributed by atoms with Gasteiger partial charge in [0.1, 0.15) is 0 Å². The van der Waals surface area contributed by atoms with Crippen LogP contribution in [0.15, 0.2) is 24.4 Å². The first-order valence-corrected chi connectivity index (χ1v) is 5.47. The van der Waals surface area contributed by atoms with E-state index in [0.29, 0.717) is 10.9 Å². The third-order valence-electron chi connectivity index (χ3n) is 2.38. The van der Waals surface area contributed by atoms with Crippen LogP contribution in [0.1, 0.15) is 17.3 Å². The Morgan fingerprint density at radius 2 is 2.21 bits per heavy atom. The van der Waals surface area contributed by atoms with Crippen molar-refractivity contribution in [3.63, 3.8) is 0 Å². The van der Waals surface area contributed by atoms with E-state index < -0.39 is 18.4 Å². The zero-order chi connectivity index (χ0) is 14.0. The quantitative estimate of drug-likeness (QED) is 0.889. The lowest BCUT2D eigenvalue weighted by Crippen LogP contribution is -2.23.